The van der Waals surface area contributed by atoms with E-state index in [0.29, 0.717) is 5.02 Å². The normalized spacial score (nSPS) is 12.8. The quantitative estimate of drug-likeness (QED) is 0.662. The molecule has 0 saturated heterocycles. The van der Waals surface area contributed by atoms with E-state index in [0.717, 1.165) is 26.6 Å². The molecule has 3 rings (SSSR count). The van der Waals surface area contributed by atoms with Crippen molar-refractivity contribution in [3.63, 3.8) is 0 Å². The van der Waals surface area contributed by atoms with Crippen molar-refractivity contribution in [1.82, 2.24) is 9.97 Å². The number of nitrogens with one attached hydrogen (secondary N) is 2. The van der Waals surface area contributed by atoms with Crippen molar-refractivity contribution in [1.29, 1.82) is 0 Å². The Bertz CT molecular complexity index is 820. The fourth-order valence-corrected chi connectivity index (χ4v) is 3.08. The van der Waals surface area contributed by atoms with Gasteiger partial charge in [-0.1, -0.05) is 33.6 Å². The van der Waals surface area contributed by atoms with Crippen LogP contribution in [0.4, 0.5) is 0 Å². The Hall–Kier alpha value is -1.56. The molecule has 102 valence electrons. The monoisotopic (exact) mass is 351 g/mol. The Morgan fingerprint density at radius 3 is 2.55 bits per heavy atom. The molecule has 0 bridgehead atoms. The molecule has 0 amide bonds. The lowest BCUT2D eigenvalue weighted by Gasteiger charge is -2.13. The third-order valence-corrected chi connectivity index (χ3v) is 3.82. The Balaban J connectivity index is 2.06. The molecular weight excluding hydrogens is 342 g/mol. The molecule has 0 aliphatic carbocycles. The van der Waals surface area contributed by atoms with Crippen LogP contribution >= 0.6 is 27.5 Å². The molecule has 2 aromatic carbocycles. The van der Waals surface area contributed by atoms with Crippen LogP contribution in [0.3, 0.4) is 0 Å². The highest BCUT2D eigenvalue weighted by Crippen LogP contribution is 2.27. The minimum Gasteiger partial charge on any atom is -0.320 e. The summed E-state index contributed by atoms with van der Waals surface area (Å²) in [4.78, 5) is 16.7. The Labute approximate surface area is 128 Å². The number of nitrogens with two attached hydrogens (primary N) is 1. The van der Waals surface area contributed by atoms with Gasteiger partial charge in [0.15, 0.2) is 0 Å². The molecule has 1 heterocycles. The van der Waals surface area contributed by atoms with Gasteiger partial charge in [-0.25, -0.2) is 4.79 Å². The second-order valence-corrected chi connectivity index (χ2v) is 5.92. The highest BCUT2D eigenvalue weighted by molar-refractivity contribution is 9.10. The highest BCUT2D eigenvalue weighted by atomic mass is 79.9. The molecule has 4 nitrogen and oxygen atoms in total. The number of hydrogen-bond donors (Lipinski definition) is 3. The standard InChI is InChI=1S/C14H11BrClN3O/c15-9-3-8(4-10(16)6-9)13(17)7-1-2-11-12(5-7)19-14(20)18-11/h1-6,13H,17H2,(H2,18,19,20). The topological polar surface area (TPSA) is 74.7 Å². The number of fused-ring (bicyclic) bond motifs is 1. The molecule has 0 saturated carbocycles. The molecule has 4 N–H and O–H groups in total. The smallest absolute Gasteiger partial charge is 0.320 e. The van der Waals surface area contributed by atoms with E-state index in [4.69, 9.17) is 17.3 Å². The van der Waals surface area contributed by atoms with Gasteiger partial charge < -0.3 is 15.7 Å². The van der Waals surface area contributed by atoms with E-state index in [-0.39, 0.29) is 11.7 Å². The zero-order valence-electron chi connectivity index (χ0n) is 10.3. The number of H-pyrrole nitrogens is 2. The maximum Gasteiger partial charge on any atom is 0.323 e. The van der Waals surface area contributed by atoms with Gasteiger partial charge >= 0.3 is 5.69 Å². The van der Waals surface area contributed by atoms with E-state index in [9.17, 15) is 4.79 Å². The number of benzene rings is 2. The molecule has 0 fully saturated rings. The summed E-state index contributed by atoms with van der Waals surface area (Å²) in [5.41, 5.74) is 9.36. The van der Waals surface area contributed by atoms with E-state index >= 15 is 0 Å². The molecule has 20 heavy (non-hydrogen) atoms. The Morgan fingerprint density at radius 2 is 1.80 bits per heavy atom. The van der Waals surface area contributed by atoms with E-state index in [1.807, 2.05) is 36.4 Å². The number of rotatable bonds is 2. The average Bonchev–Trinajstić information content (AvgIpc) is 2.75. The van der Waals surface area contributed by atoms with Gasteiger partial charge in [0.05, 0.1) is 17.1 Å². The lowest BCUT2D eigenvalue weighted by atomic mass is 9.99. The van der Waals surface area contributed by atoms with Crippen molar-refractivity contribution in [2.45, 2.75) is 6.04 Å². The zero-order chi connectivity index (χ0) is 14.3. The van der Waals surface area contributed by atoms with Crippen LogP contribution in [-0.2, 0) is 0 Å². The second kappa shape index (κ2) is 5.09. The van der Waals surface area contributed by atoms with E-state index in [1.165, 1.54) is 0 Å². The van der Waals surface area contributed by atoms with E-state index in [1.54, 1.807) is 0 Å². The van der Waals surface area contributed by atoms with Crippen molar-refractivity contribution in [2.75, 3.05) is 0 Å². The molecule has 0 radical (unpaired) electrons. The third kappa shape index (κ3) is 2.52. The first-order valence-corrected chi connectivity index (χ1v) is 7.13. The summed E-state index contributed by atoms with van der Waals surface area (Å²) in [7, 11) is 0. The first-order chi connectivity index (χ1) is 9.52. The number of aromatic amines is 2. The molecular formula is C14H11BrClN3O. The summed E-state index contributed by atoms with van der Waals surface area (Å²) in [6.07, 6.45) is 0. The maximum atomic E-state index is 11.3. The van der Waals surface area contributed by atoms with Crippen LogP contribution < -0.4 is 11.4 Å². The molecule has 1 aromatic heterocycles. The predicted octanol–water partition coefficient (Wildman–Crippen LogP) is 3.32. The summed E-state index contributed by atoms with van der Waals surface area (Å²) in [5, 5.41) is 0.626. The minimum absolute atomic E-state index is 0.226. The molecule has 3 aromatic rings. The second-order valence-electron chi connectivity index (χ2n) is 4.56. The van der Waals surface area contributed by atoms with Crippen LogP contribution in [0, 0.1) is 0 Å². The van der Waals surface area contributed by atoms with Crippen molar-refractivity contribution in [3.05, 3.63) is 67.5 Å². The van der Waals surface area contributed by atoms with Crippen LogP contribution in [0.15, 0.2) is 45.7 Å². The zero-order valence-corrected chi connectivity index (χ0v) is 12.6. The number of imidazole rings is 1. The number of hydrogen-bond acceptors (Lipinski definition) is 2. The van der Waals surface area contributed by atoms with Gasteiger partial charge in [0.1, 0.15) is 0 Å². The Morgan fingerprint density at radius 1 is 1.05 bits per heavy atom. The van der Waals surface area contributed by atoms with Gasteiger partial charge in [-0.2, -0.15) is 0 Å². The van der Waals surface area contributed by atoms with E-state index in [2.05, 4.69) is 25.9 Å². The van der Waals surface area contributed by atoms with Gasteiger partial charge in [-0.15, -0.1) is 0 Å². The number of halogens is 2. The van der Waals surface area contributed by atoms with Crippen LogP contribution in [0.25, 0.3) is 11.0 Å². The fourth-order valence-electron chi connectivity index (χ4n) is 2.19. The minimum atomic E-state index is -0.312. The SMILES string of the molecule is NC(c1cc(Cl)cc(Br)c1)c1ccc2[nH]c(=O)[nH]c2c1. The van der Waals surface area contributed by atoms with Gasteiger partial charge in [0, 0.05) is 9.50 Å². The van der Waals surface area contributed by atoms with Gasteiger partial charge in [0.25, 0.3) is 0 Å². The molecule has 1 unspecified atom stereocenters. The molecule has 0 aliphatic heterocycles. The third-order valence-electron chi connectivity index (χ3n) is 3.14. The van der Waals surface area contributed by atoms with Crippen LogP contribution in [0.1, 0.15) is 17.2 Å². The van der Waals surface area contributed by atoms with Gasteiger partial charge in [-0.05, 0) is 41.5 Å². The molecule has 0 spiro atoms. The highest BCUT2D eigenvalue weighted by Gasteiger charge is 2.12. The van der Waals surface area contributed by atoms with E-state index < -0.39 is 0 Å². The van der Waals surface area contributed by atoms with Gasteiger partial charge in [-0.3, -0.25) is 0 Å². The lowest BCUT2D eigenvalue weighted by molar-refractivity contribution is 0.872. The molecule has 1 atom stereocenters. The summed E-state index contributed by atoms with van der Waals surface area (Å²) in [6.45, 7) is 0. The summed E-state index contributed by atoms with van der Waals surface area (Å²) in [5.74, 6) is 0. The predicted molar refractivity (Wildman–Crippen MR) is 84.1 cm³/mol. The van der Waals surface area contributed by atoms with Gasteiger partial charge in [0.2, 0.25) is 0 Å². The first-order valence-electron chi connectivity index (χ1n) is 5.96. The molecule has 6 heteroatoms. The van der Waals surface area contributed by atoms with Crippen molar-refractivity contribution in [3.8, 4) is 0 Å². The summed E-state index contributed by atoms with van der Waals surface area (Å²) >= 11 is 9.45. The first kappa shape index (κ1) is 13.4. The Kier molecular flexibility index (Phi) is 3.41. The van der Waals surface area contributed by atoms with Crippen molar-refractivity contribution < 1.29 is 0 Å². The van der Waals surface area contributed by atoms with Crippen LogP contribution in [0.5, 0.6) is 0 Å². The fraction of sp³-hybridized carbons (Fsp3) is 0.0714. The number of aromatic nitrogens is 2. The summed E-state index contributed by atoms with van der Waals surface area (Å²) in [6, 6.07) is 10.9. The van der Waals surface area contributed by atoms with Crippen molar-refractivity contribution in [2.24, 2.45) is 5.73 Å². The average molecular weight is 353 g/mol. The largest absolute Gasteiger partial charge is 0.323 e. The maximum absolute atomic E-state index is 11.3. The van der Waals surface area contributed by atoms with Crippen molar-refractivity contribution >= 4 is 38.6 Å². The summed E-state index contributed by atoms with van der Waals surface area (Å²) < 4.78 is 0.881. The molecule has 0 aliphatic rings. The lowest BCUT2D eigenvalue weighted by Crippen LogP contribution is -2.11. The van der Waals surface area contributed by atoms with Crippen LogP contribution in [-0.4, -0.2) is 9.97 Å². The van der Waals surface area contributed by atoms with Crippen LogP contribution in [0.2, 0.25) is 5.02 Å².